The van der Waals surface area contributed by atoms with Crippen molar-refractivity contribution in [2.75, 3.05) is 20.2 Å². The van der Waals surface area contributed by atoms with Gasteiger partial charge in [0, 0.05) is 32.3 Å². The second-order valence-corrected chi connectivity index (χ2v) is 10.4. The van der Waals surface area contributed by atoms with Gasteiger partial charge in [-0.2, -0.15) is 0 Å². The molecule has 1 aliphatic carbocycles. The topological polar surface area (TPSA) is 105 Å². The number of carbonyl (C=O) groups is 2. The molecule has 7 nitrogen and oxygen atoms in total. The van der Waals surface area contributed by atoms with E-state index in [1.165, 1.54) is 23.3 Å². The van der Waals surface area contributed by atoms with Crippen LogP contribution in [0.4, 0.5) is 8.78 Å². The molecule has 1 saturated heterocycles. The number of hydrogen-bond acceptors (Lipinski definition) is 5. The number of methoxy groups -OCH3 is 1. The highest BCUT2D eigenvalue weighted by atomic mass is 19.1. The molecule has 41 heavy (non-hydrogen) atoms. The Morgan fingerprint density at radius 2 is 1.68 bits per heavy atom. The highest BCUT2D eigenvalue weighted by molar-refractivity contribution is 5.81. The van der Waals surface area contributed by atoms with Crippen LogP contribution in [0.1, 0.15) is 64.5 Å². The number of nitrogens with zero attached hydrogens (tertiary/aromatic N) is 1. The zero-order valence-corrected chi connectivity index (χ0v) is 25.2. The van der Waals surface area contributed by atoms with Crippen LogP contribution in [0.2, 0.25) is 0 Å². The standard InChI is InChI=1S/C18H25F2N3O3.C8H10O.C4H8.C2H6/c1-2-3-15(21)17(25)16(6-11-4-13(19)7-14(20)5-11)22-18(26)12-8-23(9-12)10-24;1-9-7-8-5-3-2-4-6-8;1-4-2-3-4;1-2/h4-5,7,10,12,15-17,25H,2-3,6,8-9,21H2,1H3,(H,22,26);2-6H,7H2,1H3;4H,2-3H2,1H3;1-2H3. The van der Waals surface area contributed by atoms with Gasteiger partial charge in [0.2, 0.25) is 12.3 Å². The van der Waals surface area contributed by atoms with Crippen LogP contribution in [-0.4, -0.2) is 60.7 Å². The first-order valence-corrected chi connectivity index (χ1v) is 14.6. The number of benzene rings is 2. The minimum Gasteiger partial charge on any atom is -0.389 e. The number of amides is 2. The number of ether oxygens (including phenoxy) is 1. The van der Waals surface area contributed by atoms with Gasteiger partial charge in [-0.1, -0.05) is 77.3 Å². The first kappa shape index (κ1) is 36.1. The van der Waals surface area contributed by atoms with E-state index in [1.54, 1.807) is 7.11 Å². The number of aliphatic hydroxyl groups excluding tert-OH is 1. The minimum absolute atomic E-state index is 0.0448. The molecule has 4 rings (SSSR count). The van der Waals surface area contributed by atoms with Crippen molar-refractivity contribution >= 4 is 12.3 Å². The number of aliphatic hydroxyl groups is 1. The fraction of sp³-hybridized carbons (Fsp3) is 0.562. The monoisotopic (exact) mass is 577 g/mol. The van der Waals surface area contributed by atoms with Crippen molar-refractivity contribution in [1.29, 1.82) is 0 Å². The predicted octanol–water partition coefficient (Wildman–Crippen LogP) is 4.84. The molecule has 2 fully saturated rings. The summed E-state index contributed by atoms with van der Waals surface area (Å²) in [5, 5.41) is 13.3. The SMILES string of the molecule is CC.CC1CC1.CCCC(N)C(O)C(Cc1cc(F)cc(F)c1)NC(=O)C1CN(C=O)C1.COCc1ccccc1. The number of nitrogens with two attached hydrogens (primary N) is 1. The molecule has 1 saturated carbocycles. The second kappa shape index (κ2) is 20.1. The zero-order chi connectivity index (χ0) is 30.8. The van der Waals surface area contributed by atoms with Crippen LogP contribution in [0.5, 0.6) is 0 Å². The molecule has 230 valence electrons. The molecule has 3 atom stereocenters. The van der Waals surface area contributed by atoms with Crippen molar-refractivity contribution in [2.24, 2.45) is 17.6 Å². The molecular weight excluding hydrogens is 528 g/mol. The van der Waals surface area contributed by atoms with Crippen LogP contribution in [-0.2, 0) is 27.4 Å². The zero-order valence-electron chi connectivity index (χ0n) is 25.2. The fourth-order valence-electron chi connectivity index (χ4n) is 4.02. The van der Waals surface area contributed by atoms with Crippen molar-refractivity contribution in [1.82, 2.24) is 10.2 Å². The lowest BCUT2D eigenvalue weighted by Gasteiger charge is -2.37. The smallest absolute Gasteiger partial charge is 0.227 e. The van der Waals surface area contributed by atoms with Crippen LogP contribution < -0.4 is 11.1 Å². The molecule has 3 unspecified atom stereocenters. The Kier molecular flexibility index (Phi) is 17.7. The van der Waals surface area contributed by atoms with Crippen molar-refractivity contribution in [3.05, 3.63) is 71.3 Å². The molecule has 1 aliphatic heterocycles. The van der Waals surface area contributed by atoms with Gasteiger partial charge in [-0.15, -0.1) is 0 Å². The van der Waals surface area contributed by atoms with Gasteiger partial charge in [0.1, 0.15) is 11.6 Å². The van der Waals surface area contributed by atoms with E-state index in [1.807, 2.05) is 51.1 Å². The maximum absolute atomic E-state index is 13.4. The summed E-state index contributed by atoms with van der Waals surface area (Å²) < 4.78 is 31.8. The number of likely N-dealkylation sites (tertiary alicyclic amines) is 1. The summed E-state index contributed by atoms with van der Waals surface area (Å²) in [7, 11) is 1.70. The summed E-state index contributed by atoms with van der Waals surface area (Å²) in [6, 6.07) is 11.8. The average molecular weight is 578 g/mol. The second-order valence-electron chi connectivity index (χ2n) is 10.4. The van der Waals surface area contributed by atoms with Crippen LogP contribution in [0.15, 0.2) is 48.5 Å². The van der Waals surface area contributed by atoms with Gasteiger partial charge in [-0.3, -0.25) is 9.59 Å². The molecule has 0 spiro atoms. The lowest BCUT2D eigenvalue weighted by molar-refractivity contribution is -0.136. The van der Waals surface area contributed by atoms with E-state index in [4.69, 9.17) is 10.5 Å². The number of halogens is 2. The maximum Gasteiger partial charge on any atom is 0.227 e. The maximum atomic E-state index is 13.4. The number of hydrogen-bond donors (Lipinski definition) is 3. The third-order valence-corrected chi connectivity index (χ3v) is 6.63. The Balaban J connectivity index is 0.000000454. The quantitative estimate of drug-likeness (QED) is 0.332. The Morgan fingerprint density at radius 1 is 1.12 bits per heavy atom. The van der Waals surface area contributed by atoms with Gasteiger partial charge in [-0.25, -0.2) is 8.78 Å². The van der Waals surface area contributed by atoms with E-state index in [2.05, 4.69) is 12.2 Å². The van der Waals surface area contributed by atoms with E-state index < -0.39 is 29.8 Å². The van der Waals surface area contributed by atoms with Crippen molar-refractivity contribution in [3.8, 4) is 0 Å². The van der Waals surface area contributed by atoms with Crippen LogP contribution in [0.3, 0.4) is 0 Å². The van der Waals surface area contributed by atoms with Gasteiger partial charge in [0.05, 0.1) is 24.7 Å². The summed E-state index contributed by atoms with van der Waals surface area (Å²) in [5.41, 5.74) is 7.52. The van der Waals surface area contributed by atoms with Gasteiger partial charge >= 0.3 is 0 Å². The van der Waals surface area contributed by atoms with Gasteiger partial charge in [0.25, 0.3) is 0 Å². The third kappa shape index (κ3) is 14.5. The van der Waals surface area contributed by atoms with E-state index >= 15 is 0 Å². The minimum atomic E-state index is -1.06. The molecule has 4 N–H and O–H groups in total. The highest BCUT2D eigenvalue weighted by Crippen LogP contribution is 2.26. The largest absolute Gasteiger partial charge is 0.389 e. The highest BCUT2D eigenvalue weighted by Gasteiger charge is 2.35. The van der Waals surface area contributed by atoms with Crippen molar-refractivity contribution in [3.63, 3.8) is 0 Å². The first-order chi connectivity index (χ1) is 19.7. The lowest BCUT2D eigenvalue weighted by atomic mass is 9.92. The first-order valence-electron chi connectivity index (χ1n) is 14.6. The van der Waals surface area contributed by atoms with Crippen molar-refractivity contribution in [2.45, 2.75) is 84.6 Å². The molecule has 2 aromatic rings. The van der Waals surface area contributed by atoms with Gasteiger partial charge < -0.3 is 25.8 Å². The Labute approximate surface area is 244 Å². The molecule has 2 amide bonds. The number of nitrogens with one attached hydrogen (secondary N) is 1. The summed E-state index contributed by atoms with van der Waals surface area (Å²) in [6.07, 6.45) is 3.93. The third-order valence-electron chi connectivity index (χ3n) is 6.63. The number of rotatable bonds is 11. The van der Waals surface area contributed by atoms with Crippen molar-refractivity contribution < 1.29 is 28.2 Å². The molecule has 2 aliphatic rings. The molecule has 0 bridgehead atoms. The Bertz CT molecular complexity index is 981. The molecular formula is C32H49F2N3O4. The predicted molar refractivity (Wildman–Crippen MR) is 159 cm³/mol. The van der Waals surface area contributed by atoms with Crippen LogP contribution >= 0.6 is 0 Å². The summed E-state index contributed by atoms with van der Waals surface area (Å²) in [6.45, 7) is 9.53. The summed E-state index contributed by atoms with van der Waals surface area (Å²) in [5.74, 6) is -1.04. The molecule has 9 heteroatoms. The normalized spacial score (nSPS) is 16.2. The van der Waals surface area contributed by atoms with Gasteiger partial charge in [0.15, 0.2) is 0 Å². The van der Waals surface area contributed by atoms with E-state index in [0.717, 1.165) is 30.5 Å². The number of carbonyl (C=O) groups excluding carboxylic acids is 2. The van der Waals surface area contributed by atoms with Gasteiger partial charge in [-0.05, 0) is 42.0 Å². The summed E-state index contributed by atoms with van der Waals surface area (Å²) >= 11 is 0. The Hall–Kier alpha value is -2.88. The van der Waals surface area contributed by atoms with E-state index in [-0.39, 0.29) is 18.2 Å². The molecule has 0 aromatic heterocycles. The molecule has 1 heterocycles. The van der Waals surface area contributed by atoms with Crippen LogP contribution in [0, 0.1) is 23.5 Å². The molecule has 2 aromatic carbocycles. The lowest BCUT2D eigenvalue weighted by Crippen LogP contribution is -2.58. The fourth-order valence-corrected chi connectivity index (χ4v) is 4.02. The van der Waals surface area contributed by atoms with E-state index in [0.29, 0.717) is 38.1 Å². The average Bonchev–Trinajstić information content (AvgIpc) is 3.71. The molecule has 0 radical (unpaired) electrons. The van der Waals surface area contributed by atoms with E-state index in [9.17, 15) is 23.5 Å². The van der Waals surface area contributed by atoms with Crippen LogP contribution in [0.25, 0.3) is 0 Å². The summed E-state index contributed by atoms with van der Waals surface area (Å²) in [4.78, 5) is 24.4. The Morgan fingerprint density at radius 3 is 2.15 bits per heavy atom.